The molecule has 0 spiro atoms. The molecule has 14 nitrogen and oxygen atoms in total. The van der Waals surface area contributed by atoms with E-state index >= 15 is 0 Å². The molecule has 4 aliphatic rings. The highest BCUT2D eigenvalue weighted by atomic mass is 16.6. The summed E-state index contributed by atoms with van der Waals surface area (Å²) in [6, 6.07) is -1.14. The van der Waals surface area contributed by atoms with Gasteiger partial charge in [-0.25, -0.2) is 4.79 Å². The van der Waals surface area contributed by atoms with Crippen molar-refractivity contribution in [2.75, 3.05) is 27.9 Å². The largest absolute Gasteiger partial charge is 0.460 e. The van der Waals surface area contributed by atoms with Crippen molar-refractivity contribution in [2.45, 2.75) is 180 Å². The maximum absolute atomic E-state index is 14.4. The number of allylic oxidation sites excluding steroid dienone is 6. The first kappa shape index (κ1) is 54.2. The lowest BCUT2D eigenvalue weighted by Crippen LogP contribution is -2.61. The molecule has 3 unspecified atom stereocenters. The number of fused-ring (bicyclic) bond motifs is 3. The SMILES string of the molecule is CO[C@H]1CC2CC[C@@H](C)[C@@](O)(O2)C(=O)C(=O)N2CCCC[C@H]2C(=O)OC([C@H](C)CC2CC[C@@H](O)[C@H](OC)C2)CC(=O)[C@H](C)/C=C(\C)[C@@H](O)[C@@H](OC)C(=O)[C@H](C)C[C@H](C)/C=C/C=C/C=C/1C. The summed E-state index contributed by atoms with van der Waals surface area (Å²) in [6.45, 7) is 12.7. The van der Waals surface area contributed by atoms with Gasteiger partial charge in [-0.05, 0) is 107 Å². The predicted octanol–water partition coefficient (Wildman–Crippen LogP) is 6.18. The zero-order valence-electron chi connectivity index (χ0n) is 40.6. The van der Waals surface area contributed by atoms with Crippen LogP contribution in [-0.4, -0.2) is 132 Å². The van der Waals surface area contributed by atoms with Crippen LogP contribution in [0.3, 0.4) is 0 Å². The van der Waals surface area contributed by atoms with Gasteiger partial charge in [-0.2, -0.15) is 0 Å². The minimum atomic E-state index is -2.43. The van der Waals surface area contributed by atoms with Crippen molar-refractivity contribution in [1.82, 2.24) is 4.90 Å². The predicted molar refractivity (Wildman–Crippen MR) is 245 cm³/mol. The van der Waals surface area contributed by atoms with E-state index in [1.807, 2.05) is 58.1 Å². The van der Waals surface area contributed by atoms with Gasteiger partial charge >= 0.3 is 5.97 Å². The average molecular weight is 914 g/mol. The van der Waals surface area contributed by atoms with Gasteiger partial charge in [-0.3, -0.25) is 19.2 Å². The summed E-state index contributed by atoms with van der Waals surface area (Å²) in [5.74, 6) is -7.96. The minimum absolute atomic E-state index is 0.0193. The molecule has 0 radical (unpaired) electrons. The third kappa shape index (κ3) is 14.3. The summed E-state index contributed by atoms with van der Waals surface area (Å²) in [6.07, 6.45) is 11.2. The number of amides is 1. The van der Waals surface area contributed by atoms with Gasteiger partial charge in [0.25, 0.3) is 11.7 Å². The number of Topliss-reactive ketones (excluding diaryl/α,β-unsaturated/α-hetero) is 3. The Morgan fingerprint density at radius 1 is 0.846 bits per heavy atom. The summed E-state index contributed by atoms with van der Waals surface area (Å²) in [5, 5.41) is 33.8. The number of hydrogen-bond acceptors (Lipinski definition) is 13. The number of nitrogens with zero attached hydrogens (tertiary/aromatic N) is 1. The van der Waals surface area contributed by atoms with Gasteiger partial charge in [0, 0.05) is 58.5 Å². The second-order valence-electron chi connectivity index (χ2n) is 19.6. The number of methoxy groups -OCH3 is 3. The zero-order chi connectivity index (χ0) is 48.2. The molecule has 3 aliphatic heterocycles. The Balaban J connectivity index is 1.70. The molecule has 1 saturated carbocycles. The maximum Gasteiger partial charge on any atom is 0.329 e. The molecular weight excluding hydrogens is 835 g/mol. The number of aliphatic hydroxyl groups is 3. The number of carbonyl (C=O) groups is 5. The van der Waals surface area contributed by atoms with E-state index in [1.54, 1.807) is 41.1 Å². The average Bonchev–Trinajstić information content (AvgIpc) is 3.28. The molecule has 65 heavy (non-hydrogen) atoms. The molecule has 2 saturated heterocycles. The summed E-state index contributed by atoms with van der Waals surface area (Å²) in [7, 11) is 4.52. The first-order valence-corrected chi connectivity index (χ1v) is 23.9. The Labute approximate surface area is 387 Å². The van der Waals surface area contributed by atoms with Crippen LogP contribution in [0, 0.1) is 35.5 Å². The van der Waals surface area contributed by atoms with Gasteiger partial charge < -0.3 is 43.9 Å². The van der Waals surface area contributed by atoms with Gasteiger partial charge in [0.15, 0.2) is 5.78 Å². The fourth-order valence-electron chi connectivity index (χ4n) is 10.1. The van der Waals surface area contributed by atoms with Crippen LogP contribution in [0.25, 0.3) is 0 Å². The molecule has 366 valence electrons. The number of hydrogen-bond donors (Lipinski definition) is 3. The van der Waals surface area contributed by atoms with E-state index < -0.39 is 83.9 Å². The fourth-order valence-corrected chi connectivity index (χ4v) is 10.1. The van der Waals surface area contributed by atoms with Gasteiger partial charge in [-0.15, -0.1) is 0 Å². The van der Waals surface area contributed by atoms with Crippen molar-refractivity contribution in [1.29, 1.82) is 0 Å². The zero-order valence-corrected chi connectivity index (χ0v) is 40.6. The quantitative estimate of drug-likeness (QED) is 0.156. The monoisotopic (exact) mass is 914 g/mol. The Morgan fingerprint density at radius 3 is 2.25 bits per heavy atom. The Kier molecular flexibility index (Phi) is 21.0. The molecule has 0 aromatic heterocycles. The van der Waals surface area contributed by atoms with Crippen LogP contribution in [0.5, 0.6) is 0 Å². The van der Waals surface area contributed by atoms with Crippen LogP contribution in [0.4, 0.5) is 0 Å². The van der Waals surface area contributed by atoms with E-state index in [9.17, 15) is 39.3 Å². The standard InChI is InChI=1S/C51H79NO13/c1-30-16-12-11-13-17-31(2)42(61-8)28-38-21-19-36(7)51(60,65-38)48(57)49(58)52-23-15-14-18-39(52)50(59)64-43(33(4)26-37-20-22-40(53)44(27-37)62-9)29-41(54)32(3)25-35(6)46(56)47(63-10)45(55)34(5)24-30/h11-13,16-17,25,30,32-34,36-40,42-44,46-47,53,56,60H,14-15,18-24,26-29H2,1-10H3/b13-11+,16-12+,31-17+,35-25+/t30-,32-,33-,34-,36-,37?,38?,39+,40-,42+,43?,44-,46-,47+,51-/m1/s1. The number of piperidine rings is 1. The summed E-state index contributed by atoms with van der Waals surface area (Å²) in [5.41, 5.74) is 1.27. The van der Waals surface area contributed by atoms with E-state index in [4.69, 9.17) is 23.7 Å². The number of cyclic esters (lactones) is 1. The van der Waals surface area contributed by atoms with Crippen molar-refractivity contribution < 1.29 is 63.0 Å². The number of aliphatic hydroxyl groups excluding tert-OH is 2. The molecular formula is C51H79NO13. The van der Waals surface area contributed by atoms with E-state index in [1.165, 1.54) is 12.0 Å². The second-order valence-corrected chi connectivity index (χ2v) is 19.6. The van der Waals surface area contributed by atoms with E-state index in [-0.39, 0.29) is 54.8 Å². The third-order valence-electron chi connectivity index (χ3n) is 14.5. The lowest BCUT2D eigenvalue weighted by Gasteiger charge is -2.42. The number of ketones is 3. The van der Waals surface area contributed by atoms with Crippen molar-refractivity contribution in [2.24, 2.45) is 35.5 Å². The van der Waals surface area contributed by atoms with Crippen molar-refractivity contribution in [3.63, 3.8) is 0 Å². The van der Waals surface area contributed by atoms with Gasteiger partial charge in [-0.1, -0.05) is 71.1 Å². The first-order valence-electron chi connectivity index (χ1n) is 23.9. The molecule has 3 N–H and O–H groups in total. The smallest absolute Gasteiger partial charge is 0.329 e. The molecule has 3 fully saturated rings. The Morgan fingerprint density at radius 2 is 1.57 bits per heavy atom. The summed E-state index contributed by atoms with van der Waals surface area (Å²) >= 11 is 0. The van der Waals surface area contributed by atoms with Gasteiger partial charge in [0.1, 0.15) is 30.1 Å². The van der Waals surface area contributed by atoms with Crippen LogP contribution in [-0.2, 0) is 47.7 Å². The fraction of sp³-hybridized carbons (Fsp3) is 0.745. The summed E-state index contributed by atoms with van der Waals surface area (Å²) in [4.78, 5) is 71.8. The van der Waals surface area contributed by atoms with Crippen molar-refractivity contribution in [3.05, 3.63) is 47.6 Å². The highest BCUT2D eigenvalue weighted by molar-refractivity contribution is 6.39. The van der Waals surface area contributed by atoms with E-state index in [0.29, 0.717) is 63.4 Å². The molecule has 1 amide bonds. The van der Waals surface area contributed by atoms with Crippen LogP contribution < -0.4 is 0 Å². The molecule has 2 bridgehead atoms. The van der Waals surface area contributed by atoms with Crippen molar-refractivity contribution >= 4 is 29.2 Å². The molecule has 1 aliphatic carbocycles. The van der Waals surface area contributed by atoms with Crippen LogP contribution >= 0.6 is 0 Å². The lowest BCUT2D eigenvalue weighted by molar-refractivity contribution is -0.265. The highest BCUT2D eigenvalue weighted by Gasteiger charge is 2.53. The Hall–Kier alpha value is -3.37. The van der Waals surface area contributed by atoms with E-state index in [2.05, 4.69) is 0 Å². The molecule has 4 rings (SSSR count). The number of ether oxygens (including phenoxy) is 5. The normalized spacial score (nSPS) is 40.4. The molecule has 0 aromatic carbocycles. The number of rotatable bonds is 6. The molecule has 0 aromatic rings. The van der Waals surface area contributed by atoms with E-state index in [0.717, 1.165) is 12.0 Å². The van der Waals surface area contributed by atoms with Crippen molar-refractivity contribution in [3.8, 4) is 0 Å². The van der Waals surface area contributed by atoms with Gasteiger partial charge in [0.2, 0.25) is 5.79 Å². The molecule has 3 heterocycles. The maximum atomic E-state index is 14.4. The van der Waals surface area contributed by atoms with Crippen LogP contribution in [0.15, 0.2) is 47.6 Å². The highest BCUT2D eigenvalue weighted by Crippen LogP contribution is 2.38. The number of carbonyl (C=O) groups excluding carboxylic acids is 5. The minimum Gasteiger partial charge on any atom is -0.460 e. The Bertz CT molecular complexity index is 1760. The van der Waals surface area contributed by atoms with Crippen LogP contribution in [0.1, 0.15) is 126 Å². The number of esters is 1. The third-order valence-corrected chi connectivity index (χ3v) is 14.5. The molecule has 14 heteroatoms. The molecule has 15 atom stereocenters. The second kappa shape index (κ2) is 25.1. The summed E-state index contributed by atoms with van der Waals surface area (Å²) < 4.78 is 29.4. The first-order chi connectivity index (χ1) is 30.7. The van der Waals surface area contributed by atoms with Crippen LogP contribution in [0.2, 0.25) is 0 Å². The lowest BCUT2D eigenvalue weighted by atomic mass is 9.78. The van der Waals surface area contributed by atoms with Gasteiger partial charge in [0.05, 0.1) is 24.4 Å². The topological polar surface area (TPSA) is 195 Å².